The molecule has 0 aliphatic carbocycles. The molecule has 0 N–H and O–H groups in total. The molecule has 2 aromatic heterocycles. The van der Waals surface area contributed by atoms with Gasteiger partial charge in [0.1, 0.15) is 11.5 Å². The summed E-state index contributed by atoms with van der Waals surface area (Å²) in [6, 6.07) is 15.1. The number of anilines is 1. The van der Waals surface area contributed by atoms with Crippen LogP contribution in [0.4, 0.5) is 5.95 Å². The van der Waals surface area contributed by atoms with Crippen molar-refractivity contribution >= 4 is 44.8 Å². The Hall–Kier alpha value is -2.72. The van der Waals surface area contributed by atoms with Gasteiger partial charge in [-0.15, -0.1) is 0 Å². The summed E-state index contributed by atoms with van der Waals surface area (Å²) < 4.78 is 28.5. The molecule has 2 saturated heterocycles. The van der Waals surface area contributed by atoms with Crippen LogP contribution in [-0.2, 0) is 10.0 Å². The van der Waals surface area contributed by atoms with Crippen molar-refractivity contribution in [3.63, 3.8) is 0 Å². The van der Waals surface area contributed by atoms with Gasteiger partial charge in [0.2, 0.25) is 16.0 Å². The number of benzene rings is 2. The normalized spacial score (nSPS) is 20.1. The molecule has 6 rings (SSSR count). The van der Waals surface area contributed by atoms with E-state index in [-0.39, 0.29) is 17.8 Å². The van der Waals surface area contributed by atoms with Gasteiger partial charge in [-0.05, 0) is 44.0 Å². The summed E-state index contributed by atoms with van der Waals surface area (Å²) in [6.45, 7) is 4.56. The lowest BCUT2D eigenvalue weighted by Crippen LogP contribution is -2.50. The van der Waals surface area contributed by atoms with Gasteiger partial charge in [0.25, 0.3) is 0 Å². The molecule has 0 amide bonds. The third-order valence-electron chi connectivity index (χ3n) is 7.01. The molecule has 8 nitrogen and oxygen atoms in total. The summed E-state index contributed by atoms with van der Waals surface area (Å²) in [5.41, 5.74) is 3.91. The van der Waals surface area contributed by atoms with Crippen molar-refractivity contribution in [3.8, 4) is 22.4 Å². The molecule has 0 unspecified atom stereocenters. The van der Waals surface area contributed by atoms with Crippen LogP contribution >= 0.6 is 23.2 Å². The van der Waals surface area contributed by atoms with Crippen molar-refractivity contribution in [1.82, 2.24) is 23.9 Å². The van der Waals surface area contributed by atoms with Crippen molar-refractivity contribution in [2.24, 2.45) is 0 Å². The van der Waals surface area contributed by atoms with E-state index in [0.29, 0.717) is 46.2 Å². The Labute approximate surface area is 219 Å². The molecular weight excluding hydrogens is 519 g/mol. The van der Waals surface area contributed by atoms with Crippen molar-refractivity contribution in [1.29, 1.82) is 0 Å². The average molecular weight is 543 g/mol. The lowest BCUT2D eigenvalue weighted by molar-refractivity contribution is 0.366. The fourth-order valence-electron chi connectivity index (χ4n) is 5.31. The highest BCUT2D eigenvalue weighted by Gasteiger charge is 2.48. The second-order valence-corrected chi connectivity index (χ2v) is 12.2. The topological polar surface area (TPSA) is 83.7 Å². The molecule has 4 aromatic rings. The molecule has 2 aliphatic heterocycles. The highest BCUT2D eigenvalue weighted by Crippen LogP contribution is 2.41. The van der Waals surface area contributed by atoms with Gasteiger partial charge >= 0.3 is 0 Å². The van der Waals surface area contributed by atoms with Gasteiger partial charge in [-0.2, -0.15) is 18.9 Å². The number of fused-ring (bicyclic) bond motifs is 3. The molecule has 186 valence electrons. The van der Waals surface area contributed by atoms with E-state index in [0.717, 1.165) is 23.1 Å². The van der Waals surface area contributed by atoms with E-state index in [1.54, 1.807) is 15.7 Å². The van der Waals surface area contributed by atoms with E-state index in [9.17, 15) is 8.42 Å². The summed E-state index contributed by atoms with van der Waals surface area (Å²) in [7, 11) is -3.24. The first kappa shape index (κ1) is 23.7. The molecule has 2 bridgehead atoms. The first-order chi connectivity index (χ1) is 17.3. The number of nitrogens with zero attached hydrogens (tertiary/aromatic N) is 6. The minimum absolute atomic E-state index is 0.0285. The lowest BCUT2D eigenvalue weighted by Gasteiger charge is -2.33. The molecule has 2 fully saturated rings. The number of piperazine rings is 1. The average Bonchev–Trinajstić information content (AvgIpc) is 3.57. The van der Waals surface area contributed by atoms with Crippen LogP contribution in [0.15, 0.2) is 48.5 Å². The molecule has 0 saturated carbocycles. The van der Waals surface area contributed by atoms with Gasteiger partial charge < -0.3 is 4.90 Å². The number of sulfonamides is 1. The minimum Gasteiger partial charge on any atom is -0.335 e. The Morgan fingerprint density at radius 1 is 1.00 bits per heavy atom. The Balaban J connectivity index is 1.53. The lowest BCUT2D eigenvalue weighted by atomic mass is 10.0. The first-order valence-electron chi connectivity index (χ1n) is 11.8. The van der Waals surface area contributed by atoms with Crippen molar-refractivity contribution in [2.75, 3.05) is 23.7 Å². The van der Waals surface area contributed by atoms with Gasteiger partial charge in [0.15, 0.2) is 5.65 Å². The third kappa shape index (κ3) is 3.76. The summed E-state index contributed by atoms with van der Waals surface area (Å²) in [6.07, 6.45) is 0.770. The van der Waals surface area contributed by atoms with Crippen molar-refractivity contribution in [3.05, 3.63) is 64.4 Å². The summed E-state index contributed by atoms with van der Waals surface area (Å²) >= 11 is 12.8. The zero-order chi connectivity index (χ0) is 25.2. The molecular formula is C25H24Cl2N6O2S. The van der Waals surface area contributed by atoms with Gasteiger partial charge in [-0.3, -0.25) is 0 Å². The maximum Gasteiger partial charge on any atom is 0.230 e. The maximum atomic E-state index is 12.6. The van der Waals surface area contributed by atoms with Crippen LogP contribution < -0.4 is 4.90 Å². The molecule has 2 aliphatic rings. The number of hydrogen-bond acceptors (Lipinski definition) is 6. The smallest absolute Gasteiger partial charge is 0.230 e. The van der Waals surface area contributed by atoms with Crippen LogP contribution in [0.25, 0.3) is 28.0 Å². The highest BCUT2D eigenvalue weighted by molar-refractivity contribution is 7.89. The van der Waals surface area contributed by atoms with Crippen LogP contribution in [0.1, 0.15) is 19.2 Å². The highest BCUT2D eigenvalue weighted by atomic mass is 35.5. The van der Waals surface area contributed by atoms with Gasteiger partial charge in [-0.25, -0.2) is 13.4 Å². The first-order valence-corrected chi connectivity index (χ1v) is 14.2. The Morgan fingerprint density at radius 3 is 2.42 bits per heavy atom. The predicted molar refractivity (Wildman–Crippen MR) is 142 cm³/mol. The van der Waals surface area contributed by atoms with Crippen LogP contribution in [0.3, 0.4) is 0 Å². The number of aryl methyl sites for hydroxylation is 1. The monoisotopic (exact) mass is 542 g/mol. The van der Waals surface area contributed by atoms with Gasteiger partial charge in [0.05, 0.1) is 16.3 Å². The molecule has 36 heavy (non-hydrogen) atoms. The van der Waals surface area contributed by atoms with Crippen LogP contribution in [0.5, 0.6) is 0 Å². The van der Waals surface area contributed by atoms with Crippen LogP contribution in [-0.4, -0.2) is 63.2 Å². The SMILES string of the molecule is CCS(=O)(=O)N1C[C@@H]2C[C@H]1CN2c1nc(C)nc2c(-c3ccc(Cl)cc3)c(-c3ccccc3Cl)nn12. The number of aromatic nitrogens is 4. The van der Waals surface area contributed by atoms with E-state index in [1.807, 2.05) is 55.5 Å². The van der Waals surface area contributed by atoms with Crippen molar-refractivity contribution in [2.45, 2.75) is 32.4 Å². The summed E-state index contributed by atoms with van der Waals surface area (Å²) in [5, 5.41) is 6.22. The molecule has 2 atom stereocenters. The zero-order valence-electron chi connectivity index (χ0n) is 19.8. The van der Waals surface area contributed by atoms with Gasteiger partial charge in [0, 0.05) is 35.8 Å². The number of halogens is 2. The maximum absolute atomic E-state index is 12.6. The second-order valence-electron chi connectivity index (χ2n) is 9.18. The fourth-order valence-corrected chi connectivity index (χ4v) is 7.00. The second kappa shape index (κ2) is 8.69. The molecule has 2 aromatic carbocycles. The van der Waals surface area contributed by atoms with Crippen LogP contribution in [0, 0.1) is 6.92 Å². The standard InChI is InChI=1S/C25H24Cl2N6O2S/c1-3-36(34,35)32-14-18-12-19(32)13-31(18)25-29-15(2)28-24-22(16-8-10-17(26)11-9-16)23(30-33(24)25)20-6-4-5-7-21(20)27/h4-11,18-19H,3,12-14H2,1-2H3/t18-,19-/m0/s1. The minimum atomic E-state index is -3.24. The molecule has 0 radical (unpaired) electrons. The van der Waals surface area contributed by atoms with E-state index in [4.69, 9.17) is 38.3 Å². The number of rotatable bonds is 5. The Morgan fingerprint density at radius 2 is 1.75 bits per heavy atom. The summed E-state index contributed by atoms with van der Waals surface area (Å²) in [5.74, 6) is 1.38. The third-order valence-corrected chi connectivity index (χ3v) is 9.48. The zero-order valence-corrected chi connectivity index (χ0v) is 22.1. The Bertz CT molecular complexity index is 1590. The molecule has 11 heteroatoms. The largest absolute Gasteiger partial charge is 0.335 e. The van der Waals surface area contributed by atoms with E-state index < -0.39 is 10.0 Å². The quantitative estimate of drug-likeness (QED) is 0.364. The summed E-state index contributed by atoms with van der Waals surface area (Å²) in [4.78, 5) is 11.7. The van der Waals surface area contributed by atoms with E-state index >= 15 is 0 Å². The van der Waals surface area contributed by atoms with Gasteiger partial charge in [-0.1, -0.05) is 53.5 Å². The Kier molecular flexibility index (Phi) is 5.71. The van der Waals surface area contributed by atoms with Crippen LogP contribution in [0.2, 0.25) is 10.0 Å². The predicted octanol–water partition coefficient (Wildman–Crippen LogP) is 4.69. The fraction of sp³-hybridized carbons (Fsp3) is 0.320. The number of hydrogen-bond donors (Lipinski definition) is 0. The van der Waals surface area contributed by atoms with E-state index in [1.165, 1.54) is 0 Å². The molecule has 0 spiro atoms. The van der Waals surface area contributed by atoms with E-state index in [2.05, 4.69) is 4.90 Å². The van der Waals surface area contributed by atoms with Crippen molar-refractivity contribution < 1.29 is 8.42 Å². The molecule has 4 heterocycles.